The summed E-state index contributed by atoms with van der Waals surface area (Å²) in [6.45, 7) is 14.4. The smallest absolute Gasteiger partial charge is 0.326 e. The molecule has 4 N–H and O–H groups in total. The third-order valence-corrected chi connectivity index (χ3v) is 14.6. The number of rotatable bonds is 12. The van der Waals surface area contributed by atoms with E-state index < -0.39 is 41.5 Å². The molecular formula is C40H65N5O6. The number of hydrogen-bond donors (Lipinski definition) is 4. The number of likely N-dealkylation sites (tertiary alicyclic amines) is 2. The van der Waals surface area contributed by atoms with E-state index in [2.05, 4.69) is 34.7 Å². The zero-order valence-electron chi connectivity index (χ0n) is 32.2. The number of amides is 4. The van der Waals surface area contributed by atoms with Crippen molar-refractivity contribution < 1.29 is 29.1 Å². The number of nitrogens with zero attached hydrogens (tertiary/aromatic N) is 2. The van der Waals surface area contributed by atoms with E-state index in [1.54, 1.807) is 4.90 Å². The van der Waals surface area contributed by atoms with Crippen LogP contribution in [0.5, 0.6) is 0 Å². The molecule has 2 saturated heterocycles. The largest absolute Gasteiger partial charge is 0.480 e. The van der Waals surface area contributed by atoms with E-state index in [0.29, 0.717) is 31.8 Å². The molecule has 0 aromatic rings. The molecule has 6 fully saturated rings. The summed E-state index contributed by atoms with van der Waals surface area (Å²) in [7, 11) is 0. The summed E-state index contributed by atoms with van der Waals surface area (Å²) < 4.78 is 0. The zero-order valence-corrected chi connectivity index (χ0v) is 32.2. The Labute approximate surface area is 305 Å². The van der Waals surface area contributed by atoms with Gasteiger partial charge in [-0.1, -0.05) is 73.6 Å². The van der Waals surface area contributed by atoms with Gasteiger partial charge in [-0.15, -0.1) is 0 Å². The van der Waals surface area contributed by atoms with E-state index in [1.165, 1.54) is 12.8 Å². The molecule has 0 unspecified atom stereocenters. The minimum Gasteiger partial charge on any atom is -0.480 e. The maximum Gasteiger partial charge on any atom is 0.326 e. The molecule has 2 spiro atoms. The zero-order chi connectivity index (χ0) is 36.9. The highest BCUT2D eigenvalue weighted by atomic mass is 16.4. The average Bonchev–Trinajstić information content (AvgIpc) is 3.93. The van der Waals surface area contributed by atoms with Crippen LogP contribution in [0, 0.1) is 33.5 Å². The van der Waals surface area contributed by atoms with Gasteiger partial charge in [0.05, 0.1) is 5.92 Å². The van der Waals surface area contributed by atoms with Crippen LogP contribution in [0.2, 0.25) is 0 Å². The second kappa shape index (κ2) is 14.3. The predicted molar refractivity (Wildman–Crippen MR) is 194 cm³/mol. The number of carbonyl (C=O) groups is 5. The molecule has 2 heterocycles. The minimum absolute atomic E-state index is 0.0547. The van der Waals surface area contributed by atoms with Gasteiger partial charge in [0.2, 0.25) is 23.6 Å². The highest BCUT2D eigenvalue weighted by molar-refractivity contribution is 5.96. The fourth-order valence-corrected chi connectivity index (χ4v) is 11.1. The van der Waals surface area contributed by atoms with Gasteiger partial charge in [0, 0.05) is 24.5 Å². The normalized spacial score (nSPS) is 30.6. The van der Waals surface area contributed by atoms with Gasteiger partial charge < -0.3 is 26.0 Å². The van der Waals surface area contributed by atoms with Crippen molar-refractivity contribution >= 4 is 29.6 Å². The lowest BCUT2D eigenvalue weighted by Crippen LogP contribution is -2.62. The average molecular weight is 712 g/mol. The number of fused-ring (bicyclic) bond motifs is 1. The molecule has 6 rings (SSSR count). The van der Waals surface area contributed by atoms with Crippen molar-refractivity contribution in [3.8, 4) is 0 Å². The van der Waals surface area contributed by atoms with Gasteiger partial charge in [-0.05, 0) is 92.9 Å². The van der Waals surface area contributed by atoms with Crippen molar-refractivity contribution in [3.05, 3.63) is 0 Å². The van der Waals surface area contributed by atoms with Crippen molar-refractivity contribution in [2.24, 2.45) is 33.5 Å². The molecule has 11 nitrogen and oxygen atoms in total. The highest BCUT2D eigenvalue weighted by Crippen LogP contribution is 2.88. The predicted octanol–water partition coefficient (Wildman–Crippen LogP) is 4.62. The second-order valence-electron chi connectivity index (χ2n) is 18.8. The van der Waals surface area contributed by atoms with E-state index in [9.17, 15) is 24.3 Å². The number of aliphatic carboxylic acids is 1. The molecular weight excluding hydrogens is 646 g/mol. The van der Waals surface area contributed by atoms with Gasteiger partial charge in [-0.25, -0.2) is 4.79 Å². The van der Waals surface area contributed by atoms with E-state index in [4.69, 9.17) is 0 Å². The fraction of sp³-hybridized carbons (Fsp3) is 0.875. The number of carboxylic acid groups (broad SMARTS) is 1. The highest BCUT2D eigenvalue weighted by Gasteiger charge is 2.85. The molecule has 0 aromatic heterocycles. The Kier molecular flexibility index (Phi) is 10.6. The van der Waals surface area contributed by atoms with Crippen LogP contribution in [0.1, 0.15) is 138 Å². The number of carbonyl (C=O) groups excluding carboxylic acids is 4. The van der Waals surface area contributed by atoms with Gasteiger partial charge in [-0.3, -0.25) is 24.1 Å². The fourth-order valence-electron chi connectivity index (χ4n) is 11.1. The van der Waals surface area contributed by atoms with Crippen molar-refractivity contribution in [2.75, 3.05) is 19.6 Å². The molecule has 0 radical (unpaired) electrons. The molecule has 11 heteroatoms. The quantitative estimate of drug-likeness (QED) is 0.231. The number of carboxylic acids is 1. The number of piperidine rings is 1. The first-order valence-corrected chi connectivity index (χ1v) is 20.3. The lowest BCUT2D eigenvalue weighted by Gasteiger charge is -2.38. The minimum atomic E-state index is -1.07. The van der Waals surface area contributed by atoms with Crippen molar-refractivity contribution in [3.63, 3.8) is 0 Å². The molecule has 286 valence electrons. The van der Waals surface area contributed by atoms with Crippen LogP contribution in [0.25, 0.3) is 0 Å². The molecule has 4 aliphatic carbocycles. The molecule has 6 aliphatic rings. The van der Waals surface area contributed by atoms with Crippen molar-refractivity contribution in [1.29, 1.82) is 0 Å². The molecule has 4 saturated carbocycles. The summed E-state index contributed by atoms with van der Waals surface area (Å²) in [6, 6.07) is -2.92. The Morgan fingerprint density at radius 3 is 2.08 bits per heavy atom. The molecule has 6 atom stereocenters. The van der Waals surface area contributed by atoms with Gasteiger partial charge in [0.15, 0.2) is 0 Å². The van der Waals surface area contributed by atoms with Gasteiger partial charge >= 0.3 is 5.97 Å². The van der Waals surface area contributed by atoms with E-state index in [1.807, 2.05) is 27.7 Å². The molecule has 0 aromatic carbocycles. The summed E-state index contributed by atoms with van der Waals surface area (Å²) in [4.78, 5) is 73.5. The Balaban J connectivity index is 1.25. The molecule has 51 heavy (non-hydrogen) atoms. The maximum absolute atomic E-state index is 15.1. The van der Waals surface area contributed by atoms with E-state index in [-0.39, 0.29) is 45.8 Å². The lowest BCUT2D eigenvalue weighted by molar-refractivity contribution is -0.146. The van der Waals surface area contributed by atoms with Crippen LogP contribution in [0.15, 0.2) is 0 Å². The third-order valence-electron chi connectivity index (χ3n) is 14.6. The van der Waals surface area contributed by atoms with Gasteiger partial charge in [0.25, 0.3) is 0 Å². The van der Waals surface area contributed by atoms with E-state index in [0.717, 1.165) is 77.3 Å². The Hall–Kier alpha value is -2.69. The summed E-state index contributed by atoms with van der Waals surface area (Å²) in [5.41, 5.74) is -0.815. The molecule has 2 aliphatic heterocycles. The van der Waals surface area contributed by atoms with E-state index >= 15 is 4.79 Å². The standard InChI is InChI=1S/C40H65N5O6/c1-7-13-28(36(50)51)41-33(47)29-22-40(38(5,6)39(40)19-12-20-39)24-45(29)35(49)30(25-14-9-8-10-15-25)42-34(48)31(37(2,3)4)43-32(46)26-16-11-21-44(23-26)27-17-18-27/h25-31H,7-24H2,1-6H3,(H,41,47)(H,42,48)(H,43,46)(H,50,51)/t26-,28+,29-,30+,31+,40-/m0/s1. The first-order valence-electron chi connectivity index (χ1n) is 20.3. The van der Waals surface area contributed by atoms with Crippen LogP contribution in [0.3, 0.4) is 0 Å². The summed E-state index contributed by atoms with van der Waals surface area (Å²) >= 11 is 0. The van der Waals surface area contributed by atoms with Crippen LogP contribution < -0.4 is 16.0 Å². The molecule has 0 bridgehead atoms. The number of nitrogens with one attached hydrogen (secondary N) is 3. The van der Waals surface area contributed by atoms with Crippen LogP contribution in [-0.2, 0) is 24.0 Å². The monoisotopic (exact) mass is 711 g/mol. The van der Waals surface area contributed by atoms with Crippen LogP contribution >= 0.6 is 0 Å². The van der Waals surface area contributed by atoms with Crippen molar-refractivity contribution in [1.82, 2.24) is 25.8 Å². The van der Waals surface area contributed by atoms with Crippen molar-refractivity contribution in [2.45, 2.75) is 168 Å². The maximum atomic E-state index is 15.1. The SMILES string of the molecule is CCC[C@@H](NC(=O)[C@@H]1C[C@]2(CN1C(=O)[C@H](NC(=O)[C@@H](NC(=O)[C@H]1CCCN(C3CC3)C1)C(C)(C)C)C1CCCCC1)C(C)(C)C21CCC1)C(=O)O. The summed E-state index contributed by atoms with van der Waals surface area (Å²) in [5.74, 6) is -2.46. The number of hydrogen-bond acceptors (Lipinski definition) is 6. The first-order chi connectivity index (χ1) is 24.1. The van der Waals surface area contributed by atoms with Crippen LogP contribution in [0.4, 0.5) is 0 Å². The molecule has 4 amide bonds. The Morgan fingerprint density at radius 1 is 0.843 bits per heavy atom. The van der Waals surface area contributed by atoms with Gasteiger partial charge in [0.1, 0.15) is 24.2 Å². The third kappa shape index (κ3) is 6.94. The van der Waals surface area contributed by atoms with Gasteiger partial charge in [-0.2, -0.15) is 0 Å². The summed E-state index contributed by atoms with van der Waals surface area (Å²) in [5, 5.41) is 19.0. The van der Waals surface area contributed by atoms with Crippen LogP contribution in [-0.4, -0.2) is 94.3 Å². The second-order valence-corrected chi connectivity index (χ2v) is 18.8. The Morgan fingerprint density at radius 2 is 1.53 bits per heavy atom. The topological polar surface area (TPSA) is 148 Å². The lowest BCUT2D eigenvalue weighted by atomic mass is 9.73. The summed E-state index contributed by atoms with van der Waals surface area (Å²) in [6.07, 6.45) is 13.4. The Bertz CT molecular complexity index is 1360. The first kappa shape index (κ1) is 38.0.